The molecule has 2 heterocycles. The Hall–Kier alpha value is -2.80. The van der Waals surface area contributed by atoms with Gasteiger partial charge in [-0.2, -0.15) is 0 Å². The van der Waals surface area contributed by atoms with Crippen molar-refractivity contribution in [1.29, 1.82) is 0 Å². The van der Waals surface area contributed by atoms with E-state index in [4.69, 9.17) is 4.52 Å². The molecule has 0 aliphatic rings. The van der Waals surface area contributed by atoms with Gasteiger partial charge in [0.2, 0.25) is 0 Å². The highest BCUT2D eigenvalue weighted by Gasteiger charge is 2.16. The van der Waals surface area contributed by atoms with Crippen molar-refractivity contribution >= 4 is 23.4 Å². The third-order valence-electron chi connectivity index (χ3n) is 5.06. The van der Waals surface area contributed by atoms with E-state index in [1.165, 1.54) is 23.0 Å². The summed E-state index contributed by atoms with van der Waals surface area (Å²) in [4.78, 5) is 19.5. The number of hydrogen-bond acceptors (Lipinski definition) is 6. The number of likely N-dealkylation sites (N-methyl/N-ethyl adjacent to an activating group) is 1. The predicted octanol–water partition coefficient (Wildman–Crippen LogP) is 4.54. The molecule has 2 aromatic heterocycles. The van der Waals surface area contributed by atoms with Gasteiger partial charge in [-0.25, -0.2) is 4.98 Å². The van der Waals surface area contributed by atoms with Crippen molar-refractivity contribution < 1.29 is 9.32 Å². The van der Waals surface area contributed by atoms with Crippen molar-refractivity contribution in [3.05, 3.63) is 70.7 Å². The Morgan fingerprint density at radius 3 is 2.67 bits per heavy atom. The van der Waals surface area contributed by atoms with E-state index in [0.717, 1.165) is 30.1 Å². The molecule has 0 saturated heterocycles. The molecular formula is C23H28N4O2S. The summed E-state index contributed by atoms with van der Waals surface area (Å²) < 4.78 is 5.22. The molecule has 0 fully saturated rings. The fraction of sp³-hybridized carbons (Fsp3) is 0.348. The van der Waals surface area contributed by atoms with Crippen LogP contribution >= 0.6 is 11.8 Å². The molecule has 30 heavy (non-hydrogen) atoms. The number of thioether (sulfide) groups is 1. The first-order valence-electron chi connectivity index (χ1n) is 10.1. The third kappa shape index (κ3) is 5.21. The maximum absolute atomic E-state index is 12.8. The summed E-state index contributed by atoms with van der Waals surface area (Å²) in [6.45, 7) is 10.2. The monoisotopic (exact) mass is 424 g/mol. The second kappa shape index (κ2) is 10.3. The number of pyridine rings is 1. The van der Waals surface area contributed by atoms with Crippen LogP contribution in [0.2, 0.25) is 0 Å². The summed E-state index contributed by atoms with van der Waals surface area (Å²) in [6, 6.07) is 11.9. The van der Waals surface area contributed by atoms with Crippen molar-refractivity contribution in [3.8, 4) is 0 Å². The lowest BCUT2D eigenvalue weighted by Gasteiger charge is -2.25. The van der Waals surface area contributed by atoms with Gasteiger partial charge < -0.3 is 14.7 Å². The maximum atomic E-state index is 12.8. The average molecular weight is 425 g/mol. The smallest absolute Gasteiger partial charge is 0.254 e. The van der Waals surface area contributed by atoms with E-state index < -0.39 is 0 Å². The molecule has 1 amide bonds. The first kappa shape index (κ1) is 21.9. The minimum Gasteiger partial charge on any atom is -0.370 e. The Balaban J connectivity index is 1.61. The van der Waals surface area contributed by atoms with Gasteiger partial charge >= 0.3 is 0 Å². The van der Waals surface area contributed by atoms with Crippen LogP contribution in [0, 0.1) is 20.8 Å². The van der Waals surface area contributed by atoms with Crippen LogP contribution in [0.15, 0.2) is 52.1 Å². The highest BCUT2D eigenvalue weighted by Crippen LogP contribution is 2.27. The zero-order valence-corrected chi connectivity index (χ0v) is 18.8. The minimum absolute atomic E-state index is 0.106. The number of para-hydroxylation sites is 1. The van der Waals surface area contributed by atoms with Crippen molar-refractivity contribution in [2.45, 2.75) is 38.5 Å². The molecule has 0 aliphatic carbocycles. The first-order chi connectivity index (χ1) is 14.5. The summed E-state index contributed by atoms with van der Waals surface area (Å²) in [5.74, 6) is 1.36. The average Bonchev–Trinajstić information content (AvgIpc) is 3.08. The number of carbonyl (C=O) groups is 1. The number of aryl methyl sites for hydroxylation is 3. The van der Waals surface area contributed by atoms with Crippen LogP contribution in [-0.4, -0.2) is 35.7 Å². The number of carbonyl (C=O) groups excluding carboxylic acids is 1. The van der Waals surface area contributed by atoms with Gasteiger partial charge in [0.05, 0.1) is 11.3 Å². The molecule has 158 valence electrons. The molecule has 0 atom stereocenters. The molecule has 6 nitrogen and oxygen atoms in total. The predicted molar refractivity (Wildman–Crippen MR) is 121 cm³/mol. The van der Waals surface area contributed by atoms with Crippen LogP contribution in [0.5, 0.6) is 0 Å². The normalized spacial score (nSPS) is 10.8. The van der Waals surface area contributed by atoms with Gasteiger partial charge in [-0.05, 0) is 51.5 Å². The molecule has 3 aromatic rings. The number of aromatic nitrogens is 2. The van der Waals surface area contributed by atoms with Gasteiger partial charge in [0, 0.05) is 42.8 Å². The fourth-order valence-electron chi connectivity index (χ4n) is 3.29. The molecule has 0 unspecified atom stereocenters. The van der Waals surface area contributed by atoms with E-state index >= 15 is 0 Å². The van der Waals surface area contributed by atoms with E-state index in [1.54, 1.807) is 12.3 Å². The Labute approximate surface area is 182 Å². The van der Waals surface area contributed by atoms with Crippen LogP contribution in [0.1, 0.15) is 39.9 Å². The highest BCUT2D eigenvalue weighted by molar-refractivity contribution is 7.98. The second-order valence-corrected chi connectivity index (χ2v) is 8.03. The zero-order chi connectivity index (χ0) is 21.5. The van der Waals surface area contributed by atoms with E-state index in [2.05, 4.69) is 46.3 Å². The molecule has 0 bridgehead atoms. The van der Waals surface area contributed by atoms with Crippen LogP contribution < -0.4 is 10.2 Å². The Bertz CT molecular complexity index is 983. The number of rotatable bonds is 9. The number of benzene rings is 1. The SMILES string of the molecule is CCN(CCNC(=O)c1cccnc1SCc1c(C)noc1C)c1ccccc1C. The van der Waals surface area contributed by atoms with Crippen LogP contribution in [0.4, 0.5) is 5.69 Å². The van der Waals surface area contributed by atoms with Crippen molar-refractivity contribution in [1.82, 2.24) is 15.5 Å². The Kier molecular flexibility index (Phi) is 7.52. The molecule has 7 heteroatoms. The lowest BCUT2D eigenvalue weighted by Crippen LogP contribution is -2.35. The molecule has 0 saturated carbocycles. The number of amides is 1. The highest BCUT2D eigenvalue weighted by atomic mass is 32.2. The van der Waals surface area contributed by atoms with E-state index in [0.29, 0.717) is 22.9 Å². The minimum atomic E-state index is -0.106. The maximum Gasteiger partial charge on any atom is 0.254 e. The van der Waals surface area contributed by atoms with Gasteiger partial charge in [-0.3, -0.25) is 4.79 Å². The van der Waals surface area contributed by atoms with Gasteiger partial charge in [-0.15, -0.1) is 11.8 Å². The zero-order valence-electron chi connectivity index (χ0n) is 17.9. The molecule has 0 aliphatic heterocycles. The van der Waals surface area contributed by atoms with Crippen molar-refractivity contribution in [3.63, 3.8) is 0 Å². The first-order valence-corrected chi connectivity index (χ1v) is 11.1. The van der Waals surface area contributed by atoms with E-state index in [9.17, 15) is 4.79 Å². The lowest BCUT2D eigenvalue weighted by atomic mass is 10.2. The number of nitrogens with one attached hydrogen (secondary N) is 1. The molecule has 0 radical (unpaired) electrons. The molecule has 1 N–H and O–H groups in total. The van der Waals surface area contributed by atoms with Crippen LogP contribution in [-0.2, 0) is 5.75 Å². The second-order valence-electron chi connectivity index (χ2n) is 7.07. The Morgan fingerprint density at radius 1 is 1.17 bits per heavy atom. The summed E-state index contributed by atoms with van der Waals surface area (Å²) in [5, 5.41) is 7.74. The molecular weight excluding hydrogens is 396 g/mol. The summed E-state index contributed by atoms with van der Waals surface area (Å²) in [5.41, 5.74) is 4.95. The largest absolute Gasteiger partial charge is 0.370 e. The van der Waals surface area contributed by atoms with Crippen molar-refractivity contribution in [2.24, 2.45) is 0 Å². The van der Waals surface area contributed by atoms with Gasteiger partial charge in [0.15, 0.2) is 0 Å². The third-order valence-corrected chi connectivity index (χ3v) is 6.09. The summed E-state index contributed by atoms with van der Waals surface area (Å²) in [7, 11) is 0. The molecule has 0 spiro atoms. The molecule has 1 aromatic carbocycles. The van der Waals surface area contributed by atoms with Crippen molar-refractivity contribution in [2.75, 3.05) is 24.5 Å². The summed E-state index contributed by atoms with van der Waals surface area (Å²) in [6.07, 6.45) is 1.71. The number of anilines is 1. The van der Waals surface area contributed by atoms with Gasteiger partial charge in [0.1, 0.15) is 10.8 Å². The van der Waals surface area contributed by atoms with E-state index in [1.807, 2.05) is 32.0 Å². The van der Waals surface area contributed by atoms with Crippen LogP contribution in [0.3, 0.4) is 0 Å². The lowest BCUT2D eigenvalue weighted by molar-refractivity contribution is 0.0951. The fourth-order valence-corrected chi connectivity index (χ4v) is 4.44. The van der Waals surface area contributed by atoms with Gasteiger partial charge in [-0.1, -0.05) is 23.4 Å². The quantitative estimate of drug-likeness (QED) is 0.509. The topological polar surface area (TPSA) is 71.3 Å². The number of nitrogens with zero attached hydrogens (tertiary/aromatic N) is 3. The number of hydrogen-bond donors (Lipinski definition) is 1. The van der Waals surface area contributed by atoms with Gasteiger partial charge in [0.25, 0.3) is 5.91 Å². The Morgan fingerprint density at radius 2 is 1.97 bits per heavy atom. The van der Waals surface area contributed by atoms with Crippen LogP contribution in [0.25, 0.3) is 0 Å². The van der Waals surface area contributed by atoms with E-state index in [-0.39, 0.29) is 5.91 Å². The standard InChI is InChI=1S/C23H28N4O2S/c1-5-27(21-11-7-6-9-16(21)2)14-13-24-22(28)19-10-8-12-25-23(19)30-15-20-17(3)26-29-18(20)4/h6-12H,5,13-15H2,1-4H3,(H,24,28). The summed E-state index contributed by atoms with van der Waals surface area (Å²) >= 11 is 1.52. The molecule has 3 rings (SSSR count).